The molecule has 0 saturated heterocycles. The second-order valence-electron chi connectivity index (χ2n) is 6.04. The maximum Gasteiger partial charge on any atom is 0.258 e. The summed E-state index contributed by atoms with van der Waals surface area (Å²) < 4.78 is 5.10. The first-order valence-electron chi connectivity index (χ1n) is 8.27. The molecule has 0 fully saturated rings. The van der Waals surface area contributed by atoms with Gasteiger partial charge < -0.3 is 15.4 Å². The SMILES string of the molecule is COc1ccc(NC(=O)c2cnc(Nc3cc(C)ccc3C)nc2)cc1Cl. The number of hydrogen-bond acceptors (Lipinski definition) is 5. The van der Waals surface area contributed by atoms with Crippen LogP contribution in [0.4, 0.5) is 17.3 Å². The summed E-state index contributed by atoms with van der Waals surface area (Å²) in [6.07, 6.45) is 2.95. The lowest BCUT2D eigenvalue weighted by Gasteiger charge is -2.10. The predicted octanol–water partition coefficient (Wildman–Crippen LogP) is 4.75. The molecule has 3 rings (SSSR count). The molecule has 1 amide bonds. The van der Waals surface area contributed by atoms with Gasteiger partial charge in [-0.1, -0.05) is 23.7 Å². The predicted molar refractivity (Wildman–Crippen MR) is 107 cm³/mol. The molecule has 0 aliphatic carbocycles. The van der Waals surface area contributed by atoms with Gasteiger partial charge in [-0.05, 0) is 49.2 Å². The van der Waals surface area contributed by atoms with Crippen molar-refractivity contribution in [3.8, 4) is 5.75 Å². The standard InChI is InChI=1S/C20H19ClN4O2/c1-12-4-5-13(2)17(8-12)25-20-22-10-14(11-23-20)19(26)24-15-6-7-18(27-3)16(21)9-15/h4-11H,1-3H3,(H,24,26)(H,22,23,25). The molecule has 0 radical (unpaired) electrons. The molecule has 0 saturated carbocycles. The third kappa shape index (κ3) is 4.54. The van der Waals surface area contributed by atoms with Crippen molar-refractivity contribution in [3.05, 3.63) is 70.5 Å². The number of halogens is 1. The molecule has 27 heavy (non-hydrogen) atoms. The minimum atomic E-state index is -0.325. The van der Waals surface area contributed by atoms with Crippen molar-refractivity contribution in [2.45, 2.75) is 13.8 Å². The lowest BCUT2D eigenvalue weighted by Crippen LogP contribution is -2.13. The second-order valence-corrected chi connectivity index (χ2v) is 6.45. The molecular weight excluding hydrogens is 364 g/mol. The summed E-state index contributed by atoms with van der Waals surface area (Å²) in [5.41, 5.74) is 4.05. The van der Waals surface area contributed by atoms with Crippen LogP contribution in [0.3, 0.4) is 0 Å². The van der Waals surface area contributed by atoms with Crippen LogP contribution in [0.2, 0.25) is 5.02 Å². The molecule has 7 heteroatoms. The molecule has 0 bridgehead atoms. The Bertz CT molecular complexity index is 974. The Hall–Kier alpha value is -3.12. The zero-order chi connectivity index (χ0) is 19.4. The highest BCUT2D eigenvalue weighted by Crippen LogP contribution is 2.27. The van der Waals surface area contributed by atoms with Crippen LogP contribution in [-0.2, 0) is 0 Å². The number of ether oxygens (including phenoxy) is 1. The summed E-state index contributed by atoms with van der Waals surface area (Å²) in [7, 11) is 1.53. The number of aryl methyl sites for hydroxylation is 2. The number of aromatic nitrogens is 2. The van der Waals surface area contributed by atoms with Gasteiger partial charge in [0.1, 0.15) is 5.75 Å². The molecule has 3 aromatic rings. The van der Waals surface area contributed by atoms with E-state index in [9.17, 15) is 4.79 Å². The fourth-order valence-electron chi connectivity index (χ4n) is 2.45. The van der Waals surface area contributed by atoms with E-state index in [2.05, 4.69) is 20.6 Å². The van der Waals surface area contributed by atoms with Crippen molar-refractivity contribution in [2.75, 3.05) is 17.7 Å². The molecule has 0 aliphatic rings. The topological polar surface area (TPSA) is 76.1 Å². The molecule has 1 aromatic heterocycles. The maximum absolute atomic E-state index is 12.4. The second kappa shape index (κ2) is 8.05. The summed E-state index contributed by atoms with van der Waals surface area (Å²) >= 11 is 6.07. The molecule has 0 atom stereocenters. The van der Waals surface area contributed by atoms with E-state index in [1.54, 1.807) is 18.2 Å². The Balaban J connectivity index is 1.70. The molecule has 0 aliphatic heterocycles. The van der Waals surface area contributed by atoms with Crippen LogP contribution in [0.25, 0.3) is 0 Å². The molecule has 0 spiro atoms. The number of carbonyl (C=O) groups is 1. The van der Waals surface area contributed by atoms with Gasteiger partial charge in [0.25, 0.3) is 5.91 Å². The number of benzene rings is 2. The van der Waals surface area contributed by atoms with Gasteiger partial charge in [0.15, 0.2) is 0 Å². The Labute approximate surface area is 162 Å². The zero-order valence-electron chi connectivity index (χ0n) is 15.2. The van der Waals surface area contributed by atoms with Crippen molar-refractivity contribution in [1.82, 2.24) is 9.97 Å². The van der Waals surface area contributed by atoms with E-state index in [0.29, 0.717) is 28.0 Å². The van der Waals surface area contributed by atoms with Crippen LogP contribution in [0.15, 0.2) is 48.8 Å². The lowest BCUT2D eigenvalue weighted by molar-refractivity contribution is 0.102. The van der Waals surface area contributed by atoms with E-state index >= 15 is 0 Å². The van der Waals surface area contributed by atoms with Crippen molar-refractivity contribution in [3.63, 3.8) is 0 Å². The Morgan fingerprint density at radius 2 is 1.81 bits per heavy atom. The van der Waals surface area contributed by atoms with Crippen LogP contribution in [0.1, 0.15) is 21.5 Å². The Morgan fingerprint density at radius 1 is 1.07 bits per heavy atom. The summed E-state index contributed by atoms with van der Waals surface area (Å²) in [5.74, 6) is 0.641. The summed E-state index contributed by atoms with van der Waals surface area (Å²) in [5, 5.41) is 6.34. The van der Waals surface area contributed by atoms with Gasteiger partial charge in [-0.2, -0.15) is 0 Å². The highest BCUT2D eigenvalue weighted by Gasteiger charge is 2.10. The number of nitrogens with zero attached hydrogens (tertiary/aromatic N) is 2. The van der Waals surface area contributed by atoms with E-state index < -0.39 is 0 Å². The number of methoxy groups -OCH3 is 1. The molecule has 138 valence electrons. The van der Waals surface area contributed by atoms with Gasteiger partial charge >= 0.3 is 0 Å². The molecule has 0 unspecified atom stereocenters. The fraction of sp³-hybridized carbons (Fsp3) is 0.150. The maximum atomic E-state index is 12.4. The van der Waals surface area contributed by atoms with E-state index in [1.165, 1.54) is 19.5 Å². The summed E-state index contributed by atoms with van der Waals surface area (Å²) in [6.45, 7) is 4.02. The van der Waals surface area contributed by atoms with Crippen molar-refractivity contribution < 1.29 is 9.53 Å². The summed E-state index contributed by atoms with van der Waals surface area (Å²) in [4.78, 5) is 20.8. The van der Waals surface area contributed by atoms with Crippen LogP contribution in [0, 0.1) is 13.8 Å². The fourth-order valence-corrected chi connectivity index (χ4v) is 2.71. The molecule has 2 N–H and O–H groups in total. The van der Waals surface area contributed by atoms with Gasteiger partial charge in [-0.15, -0.1) is 0 Å². The molecule has 2 aromatic carbocycles. The third-order valence-electron chi connectivity index (χ3n) is 3.96. The Morgan fingerprint density at radius 3 is 2.48 bits per heavy atom. The van der Waals surface area contributed by atoms with Gasteiger partial charge in [0.05, 0.1) is 17.7 Å². The van der Waals surface area contributed by atoms with Gasteiger partial charge in [0, 0.05) is 23.8 Å². The van der Waals surface area contributed by atoms with Gasteiger partial charge in [0.2, 0.25) is 5.95 Å². The first kappa shape index (κ1) is 18.7. The lowest BCUT2D eigenvalue weighted by atomic mass is 10.1. The van der Waals surface area contributed by atoms with Crippen LogP contribution >= 0.6 is 11.6 Å². The Kier molecular flexibility index (Phi) is 5.57. The van der Waals surface area contributed by atoms with E-state index in [-0.39, 0.29) is 5.91 Å². The number of rotatable bonds is 5. The van der Waals surface area contributed by atoms with Crippen LogP contribution in [-0.4, -0.2) is 23.0 Å². The molecule has 1 heterocycles. The van der Waals surface area contributed by atoms with Crippen LogP contribution in [0.5, 0.6) is 5.75 Å². The number of hydrogen-bond donors (Lipinski definition) is 2. The molecule has 6 nitrogen and oxygen atoms in total. The molecular formula is C20H19ClN4O2. The number of nitrogens with one attached hydrogen (secondary N) is 2. The number of carbonyl (C=O) groups excluding carboxylic acids is 1. The minimum Gasteiger partial charge on any atom is -0.495 e. The van der Waals surface area contributed by atoms with E-state index in [1.807, 2.05) is 32.0 Å². The first-order valence-corrected chi connectivity index (χ1v) is 8.65. The number of anilines is 3. The minimum absolute atomic E-state index is 0.325. The van der Waals surface area contributed by atoms with Gasteiger partial charge in [-0.25, -0.2) is 9.97 Å². The van der Waals surface area contributed by atoms with Gasteiger partial charge in [-0.3, -0.25) is 4.79 Å². The quantitative estimate of drug-likeness (QED) is 0.665. The first-order chi connectivity index (χ1) is 13.0. The average Bonchev–Trinajstić information content (AvgIpc) is 2.65. The zero-order valence-corrected chi connectivity index (χ0v) is 16.0. The third-order valence-corrected chi connectivity index (χ3v) is 4.26. The monoisotopic (exact) mass is 382 g/mol. The van der Waals surface area contributed by atoms with Crippen LogP contribution < -0.4 is 15.4 Å². The largest absolute Gasteiger partial charge is 0.495 e. The van der Waals surface area contributed by atoms with Crippen molar-refractivity contribution in [1.29, 1.82) is 0 Å². The summed E-state index contributed by atoms with van der Waals surface area (Å²) in [6, 6.07) is 11.1. The highest BCUT2D eigenvalue weighted by molar-refractivity contribution is 6.32. The smallest absolute Gasteiger partial charge is 0.258 e. The number of amides is 1. The average molecular weight is 383 g/mol. The highest BCUT2D eigenvalue weighted by atomic mass is 35.5. The normalized spacial score (nSPS) is 10.4. The van der Waals surface area contributed by atoms with Crippen molar-refractivity contribution in [2.24, 2.45) is 0 Å². The van der Waals surface area contributed by atoms with E-state index in [4.69, 9.17) is 16.3 Å². The van der Waals surface area contributed by atoms with E-state index in [0.717, 1.165) is 16.8 Å². The van der Waals surface area contributed by atoms with Crippen molar-refractivity contribution >= 4 is 34.8 Å².